The Morgan fingerprint density at radius 2 is 2.10 bits per heavy atom. The summed E-state index contributed by atoms with van der Waals surface area (Å²) in [5.41, 5.74) is 8.15. The molecule has 0 saturated carbocycles. The smallest absolute Gasteiger partial charge is 0.257 e. The van der Waals surface area contributed by atoms with E-state index in [0.717, 1.165) is 10.2 Å². The van der Waals surface area contributed by atoms with Gasteiger partial charge in [0.05, 0.1) is 10.2 Å². The van der Waals surface area contributed by atoms with Crippen LogP contribution in [0.3, 0.4) is 0 Å². The number of anilines is 2. The van der Waals surface area contributed by atoms with E-state index in [1.54, 1.807) is 19.1 Å². The lowest BCUT2D eigenvalue weighted by Crippen LogP contribution is -2.13. The monoisotopic (exact) mass is 301 g/mol. The summed E-state index contributed by atoms with van der Waals surface area (Å²) in [5.74, 6) is -0.668. The fraction of sp³-hybridized carbons (Fsp3) is 0.0667. The molecule has 3 N–H and O–H groups in total. The molecule has 106 valence electrons. The van der Waals surface area contributed by atoms with Gasteiger partial charge in [0, 0.05) is 11.3 Å². The number of thiazole rings is 1. The molecule has 0 radical (unpaired) electrons. The summed E-state index contributed by atoms with van der Waals surface area (Å²) >= 11 is 1.35. The van der Waals surface area contributed by atoms with Gasteiger partial charge in [-0.15, -0.1) is 0 Å². The Morgan fingerprint density at radius 1 is 1.29 bits per heavy atom. The minimum absolute atomic E-state index is 0.306. The molecule has 0 unspecified atom stereocenters. The second kappa shape index (κ2) is 5.14. The number of nitrogens with zero attached hydrogens (tertiary/aromatic N) is 1. The number of rotatable bonds is 2. The minimum atomic E-state index is -0.362. The Morgan fingerprint density at radius 3 is 2.86 bits per heavy atom. The van der Waals surface area contributed by atoms with Crippen molar-refractivity contribution in [3.63, 3.8) is 0 Å². The van der Waals surface area contributed by atoms with Crippen LogP contribution in [-0.2, 0) is 0 Å². The molecule has 0 fully saturated rings. The molecule has 0 saturated heterocycles. The standard InChI is InChI=1S/C15H12FN3OS/c1-8-6-9(16)2-4-11(8)14(20)19-15-18-12-5-3-10(17)7-13(12)21-15/h2-7H,17H2,1H3,(H,18,19,20). The van der Waals surface area contributed by atoms with Crippen LogP contribution < -0.4 is 11.1 Å². The lowest BCUT2D eigenvalue weighted by atomic mass is 10.1. The molecule has 6 heteroatoms. The van der Waals surface area contributed by atoms with E-state index in [1.165, 1.54) is 29.5 Å². The van der Waals surface area contributed by atoms with E-state index in [9.17, 15) is 9.18 Å². The molecule has 1 heterocycles. The molecule has 0 spiro atoms. The summed E-state index contributed by atoms with van der Waals surface area (Å²) < 4.78 is 14.0. The van der Waals surface area contributed by atoms with Crippen molar-refractivity contribution in [2.24, 2.45) is 0 Å². The maximum atomic E-state index is 13.1. The Balaban J connectivity index is 1.89. The second-order valence-electron chi connectivity index (χ2n) is 4.66. The third kappa shape index (κ3) is 2.71. The van der Waals surface area contributed by atoms with Crippen LogP contribution in [-0.4, -0.2) is 10.9 Å². The summed E-state index contributed by atoms with van der Waals surface area (Å²) in [6, 6.07) is 9.43. The number of benzene rings is 2. The van der Waals surface area contributed by atoms with Crippen molar-refractivity contribution in [3.05, 3.63) is 53.3 Å². The fourth-order valence-electron chi connectivity index (χ4n) is 2.04. The first-order valence-electron chi connectivity index (χ1n) is 6.26. The maximum absolute atomic E-state index is 13.1. The van der Waals surface area contributed by atoms with E-state index < -0.39 is 0 Å². The molecule has 4 nitrogen and oxygen atoms in total. The highest BCUT2D eigenvalue weighted by Crippen LogP contribution is 2.28. The van der Waals surface area contributed by atoms with Crippen LogP contribution in [0.5, 0.6) is 0 Å². The topological polar surface area (TPSA) is 68.0 Å². The normalized spacial score (nSPS) is 10.8. The SMILES string of the molecule is Cc1cc(F)ccc1C(=O)Nc1nc2ccc(N)cc2s1. The summed E-state index contributed by atoms with van der Waals surface area (Å²) in [4.78, 5) is 16.5. The highest BCUT2D eigenvalue weighted by Gasteiger charge is 2.12. The average Bonchev–Trinajstić information content (AvgIpc) is 2.79. The lowest BCUT2D eigenvalue weighted by Gasteiger charge is -2.05. The Hall–Kier alpha value is -2.47. The van der Waals surface area contributed by atoms with Gasteiger partial charge in [-0.2, -0.15) is 0 Å². The van der Waals surface area contributed by atoms with Crippen molar-refractivity contribution in [2.75, 3.05) is 11.1 Å². The molecule has 0 aliphatic rings. The van der Waals surface area contributed by atoms with Crippen molar-refractivity contribution >= 4 is 38.3 Å². The minimum Gasteiger partial charge on any atom is -0.399 e. The van der Waals surface area contributed by atoms with E-state index in [-0.39, 0.29) is 11.7 Å². The predicted octanol–water partition coefficient (Wildman–Crippen LogP) is 3.58. The quantitative estimate of drug-likeness (QED) is 0.711. The Bertz CT molecular complexity index is 844. The molecule has 1 amide bonds. The van der Waals surface area contributed by atoms with E-state index in [4.69, 9.17) is 5.73 Å². The number of hydrogen-bond acceptors (Lipinski definition) is 4. The molecule has 21 heavy (non-hydrogen) atoms. The molecule has 1 aromatic heterocycles. The van der Waals surface area contributed by atoms with Crippen molar-refractivity contribution < 1.29 is 9.18 Å². The van der Waals surface area contributed by atoms with E-state index in [2.05, 4.69) is 10.3 Å². The van der Waals surface area contributed by atoms with Gasteiger partial charge in [-0.25, -0.2) is 9.37 Å². The number of carbonyl (C=O) groups excluding carboxylic acids is 1. The van der Waals surface area contributed by atoms with Gasteiger partial charge in [0.15, 0.2) is 5.13 Å². The predicted molar refractivity (Wildman–Crippen MR) is 83.1 cm³/mol. The van der Waals surface area contributed by atoms with Crippen LogP contribution in [0.15, 0.2) is 36.4 Å². The van der Waals surface area contributed by atoms with Gasteiger partial charge in [0.25, 0.3) is 5.91 Å². The van der Waals surface area contributed by atoms with Crippen molar-refractivity contribution in [2.45, 2.75) is 6.92 Å². The first-order valence-corrected chi connectivity index (χ1v) is 7.08. The highest BCUT2D eigenvalue weighted by atomic mass is 32.1. The van der Waals surface area contributed by atoms with Crippen LogP contribution in [0.2, 0.25) is 0 Å². The van der Waals surface area contributed by atoms with Gasteiger partial charge in [-0.05, 0) is 48.9 Å². The molecule has 3 rings (SSSR count). The van der Waals surface area contributed by atoms with Gasteiger partial charge < -0.3 is 5.73 Å². The zero-order valence-electron chi connectivity index (χ0n) is 11.2. The Kier molecular flexibility index (Phi) is 3.31. The molecular formula is C15H12FN3OS. The van der Waals surface area contributed by atoms with Gasteiger partial charge in [-0.3, -0.25) is 10.1 Å². The number of carbonyl (C=O) groups is 1. The van der Waals surface area contributed by atoms with Crippen LogP contribution in [0.25, 0.3) is 10.2 Å². The highest BCUT2D eigenvalue weighted by molar-refractivity contribution is 7.22. The zero-order chi connectivity index (χ0) is 15.0. The number of nitrogen functional groups attached to an aromatic ring is 1. The largest absolute Gasteiger partial charge is 0.399 e. The van der Waals surface area contributed by atoms with Gasteiger partial charge in [0.1, 0.15) is 5.82 Å². The number of halogens is 1. The van der Waals surface area contributed by atoms with Crippen molar-refractivity contribution in [1.82, 2.24) is 4.98 Å². The molecular weight excluding hydrogens is 289 g/mol. The van der Waals surface area contributed by atoms with Crippen LogP contribution in [0.1, 0.15) is 15.9 Å². The molecule has 0 aliphatic carbocycles. The summed E-state index contributed by atoms with van der Waals surface area (Å²) in [6.07, 6.45) is 0. The Labute approximate surface area is 124 Å². The number of aromatic nitrogens is 1. The van der Waals surface area contributed by atoms with E-state index >= 15 is 0 Å². The summed E-state index contributed by atoms with van der Waals surface area (Å²) in [7, 11) is 0. The maximum Gasteiger partial charge on any atom is 0.257 e. The number of nitrogens with two attached hydrogens (primary N) is 1. The van der Waals surface area contributed by atoms with Gasteiger partial charge in [-0.1, -0.05) is 11.3 Å². The molecule has 0 atom stereocenters. The summed E-state index contributed by atoms with van der Waals surface area (Å²) in [6.45, 7) is 1.69. The molecule has 0 bridgehead atoms. The van der Waals surface area contributed by atoms with Gasteiger partial charge >= 0.3 is 0 Å². The third-order valence-electron chi connectivity index (χ3n) is 3.07. The van der Waals surface area contributed by atoms with Crippen LogP contribution >= 0.6 is 11.3 Å². The lowest BCUT2D eigenvalue weighted by molar-refractivity contribution is 0.102. The molecule has 2 aromatic carbocycles. The van der Waals surface area contributed by atoms with E-state index in [1.807, 2.05) is 6.07 Å². The van der Waals surface area contributed by atoms with Gasteiger partial charge in [0.2, 0.25) is 0 Å². The number of amides is 1. The number of hydrogen-bond donors (Lipinski definition) is 2. The van der Waals surface area contributed by atoms with Crippen molar-refractivity contribution in [1.29, 1.82) is 0 Å². The molecule has 3 aromatic rings. The van der Waals surface area contributed by atoms with Crippen LogP contribution in [0, 0.1) is 12.7 Å². The first-order chi connectivity index (χ1) is 10.0. The average molecular weight is 301 g/mol. The first kappa shape index (κ1) is 13.5. The van der Waals surface area contributed by atoms with Crippen molar-refractivity contribution in [3.8, 4) is 0 Å². The third-order valence-corrected chi connectivity index (χ3v) is 4.00. The number of aryl methyl sites for hydroxylation is 1. The second-order valence-corrected chi connectivity index (χ2v) is 5.69. The van der Waals surface area contributed by atoms with Crippen LogP contribution in [0.4, 0.5) is 15.2 Å². The van der Waals surface area contributed by atoms with E-state index in [0.29, 0.717) is 21.9 Å². The summed E-state index contributed by atoms with van der Waals surface area (Å²) in [5, 5.41) is 3.22. The number of fused-ring (bicyclic) bond motifs is 1. The zero-order valence-corrected chi connectivity index (χ0v) is 12.0. The number of nitrogens with one attached hydrogen (secondary N) is 1. The molecule has 0 aliphatic heterocycles. The fourth-order valence-corrected chi connectivity index (χ4v) is 2.95.